The van der Waals surface area contributed by atoms with Crippen LogP contribution in [0.4, 0.5) is 0 Å². The van der Waals surface area contributed by atoms with Gasteiger partial charge in [-0.25, -0.2) is 15.0 Å². The lowest BCUT2D eigenvalue weighted by Crippen LogP contribution is -1.98. The average Bonchev–Trinajstić information content (AvgIpc) is 3.99. The quantitative estimate of drug-likeness (QED) is 0.153. The standard InChI is InChI=1S/C63H40N4S/c1-5-18-43(19-6-1)58-59-60(44-20-7-2-8-21-44)64-55-39-47(36-37-52(55)62(59)68-61(58)45-22-9-3-10-23-45)41-32-34-42(35-33-41)53-40-54(66-63(65-53)46-24-11-4-12-25-46)48-26-17-27-49(38-48)67-56-30-15-13-28-50(56)51-29-14-16-31-57(51)67/h1-40H. The third-order valence-corrected chi connectivity index (χ3v) is 14.3. The van der Waals surface area contributed by atoms with E-state index in [4.69, 9.17) is 15.0 Å². The highest BCUT2D eigenvalue weighted by molar-refractivity contribution is 7.24. The van der Waals surface area contributed by atoms with Crippen LogP contribution >= 0.6 is 11.3 Å². The van der Waals surface area contributed by atoms with Crippen LogP contribution in [-0.2, 0) is 0 Å². The van der Waals surface area contributed by atoms with Crippen molar-refractivity contribution in [3.05, 3.63) is 243 Å². The summed E-state index contributed by atoms with van der Waals surface area (Å²) in [4.78, 5) is 17.2. The Kier molecular flexibility index (Phi) is 9.66. The molecule has 0 saturated heterocycles. The summed E-state index contributed by atoms with van der Waals surface area (Å²) in [5.74, 6) is 0.685. The number of aromatic nitrogens is 4. The number of hydrogen-bond acceptors (Lipinski definition) is 4. The Labute approximate surface area is 397 Å². The number of rotatable bonds is 8. The van der Waals surface area contributed by atoms with Crippen molar-refractivity contribution in [3.63, 3.8) is 0 Å². The monoisotopic (exact) mass is 884 g/mol. The number of pyridine rings is 1. The summed E-state index contributed by atoms with van der Waals surface area (Å²) in [5.41, 5.74) is 17.0. The molecule has 0 bridgehead atoms. The van der Waals surface area contributed by atoms with E-state index in [-0.39, 0.29) is 0 Å². The fraction of sp³-hybridized carbons (Fsp3) is 0. The third kappa shape index (κ3) is 6.88. The maximum absolute atomic E-state index is 5.54. The predicted octanol–water partition coefficient (Wildman–Crippen LogP) is 17.0. The Bertz CT molecular complexity index is 3940. The van der Waals surface area contributed by atoms with Crippen LogP contribution < -0.4 is 0 Å². The van der Waals surface area contributed by atoms with Crippen molar-refractivity contribution < 1.29 is 0 Å². The minimum Gasteiger partial charge on any atom is -0.309 e. The highest BCUT2D eigenvalue weighted by atomic mass is 32.1. The molecule has 318 valence electrons. The zero-order chi connectivity index (χ0) is 45.0. The van der Waals surface area contributed by atoms with E-state index < -0.39 is 0 Å². The molecule has 9 aromatic carbocycles. The summed E-state index contributed by atoms with van der Waals surface area (Å²) in [6, 6.07) is 86.0. The number of benzene rings is 9. The van der Waals surface area contributed by atoms with E-state index in [1.54, 1.807) is 0 Å². The molecule has 4 heterocycles. The van der Waals surface area contributed by atoms with E-state index in [2.05, 4.69) is 229 Å². The van der Waals surface area contributed by atoms with Gasteiger partial charge in [0.05, 0.1) is 33.6 Å². The second kappa shape index (κ2) is 16.6. The molecule has 0 amide bonds. The van der Waals surface area contributed by atoms with Gasteiger partial charge in [-0.15, -0.1) is 11.3 Å². The molecular weight excluding hydrogens is 845 g/mol. The number of nitrogens with zero attached hydrogens (tertiary/aromatic N) is 4. The second-order valence-corrected chi connectivity index (χ2v) is 18.1. The van der Waals surface area contributed by atoms with Crippen LogP contribution in [-0.4, -0.2) is 19.5 Å². The van der Waals surface area contributed by atoms with E-state index in [0.717, 1.165) is 67.1 Å². The molecule has 0 radical (unpaired) electrons. The zero-order valence-corrected chi connectivity index (χ0v) is 37.6. The first-order valence-corrected chi connectivity index (χ1v) is 23.7. The van der Waals surface area contributed by atoms with Crippen LogP contribution in [0.3, 0.4) is 0 Å². The predicted molar refractivity (Wildman–Crippen MR) is 285 cm³/mol. The van der Waals surface area contributed by atoms with Crippen molar-refractivity contribution in [1.82, 2.24) is 19.5 Å². The molecule has 68 heavy (non-hydrogen) atoms. The van der Waals surface area contributed by atoms with Crippen LogP contribution in [0, 0.1) is 0 Å². The van der Waals surface area contributed by atoms with Crippen LogP contribution in [0.1, 0.15) is 0 Å². The molecule has 0 unspecified atom stereocenters. The van der Waals surface area contributed by atoms with Crippen LogP contribution in [0.15, 0.2) is 243 Å². The maximum Gasteiger partial charge on any atom is 0.160 e. The fourth-order valence-electron chi connectivity index (χ4n) is 9.79. The van der Waals surface area contributed by atoms with E-state index in [0.29, 0.717) is 5.82 Å². The minimum absolute atomic E-state index is 0.685. The Morgan fingerprint density at radius 2 is 0.868 bits per heavy atom. The summed E-state index contributed by atoms with van der Waals surface area (Å²) >= 11 is 1.86. The molecule has 13 rings (SSSR count). The zero-order valence-electron chi connectivity index (χ0n) is 36.8. The Hall–Kier alpha value is -8.77. The highest BCUT2D eigenvalue weighted by Gasteiger charge is 2.23. The summed E-state index contributed by atoms with van der Waals surface area (Å²) in [6.07, 6.45) is 0. The smallest absolute Gasteiger partial charge is 0.160 e. The molecule has 0 aliphatic heterocycles. The first kappa shape index (κ1) is 39.6. The lowest BCUT2D eigenvalue weighted by Gasteiger charge is -2.13. The normalized spacial score (nSPS) is 11.5. The molecule has 13 aromatic rings. The summed E-state index contributed by atoms with van der Waals surface area (Å²) in [6.45, 7) is 0. The molecule has 0 saturated carbocycles. The molecule has 4 nitrogen and oxygen atoms in total. The summed E-state index contributed by atoms with van der Waals surface area (Å²) in [7, 11) is 0. The first-order valence-electron chi connectivity index (χ1n) is 22.9. The second-order valence-electron chi connectivity index (χ2n) is 17.1. The number of hydrogen-bond donors (Lipinski definition) is 0. The third-order valence-electron chi connectivity index (χ3n) is 13.0. The van der Waals surface area contributed by atoms with Gasteiger partial charge in [-0.3, -0.25) is 0 Å². The minimum atomic E-state index is 0.685. The van der Waals surface area contributed by atoms with Gasteiger partial charge in [-0.2, -0.15) is 0 Å². The molecule has 0 aliphatic carbocycles. The molecule has 5 heteroatoms. The van der Waals surface area contributed by atoms with Gasteiger partial charge in [-0.05, 0) is 58.7 Å². The Morgan fingerprint density at radius 1 is 0.338 bits per heavy atom. The van der Waals surface area contributed by atoms with Gasteiger partial charge in [0.2, 0.25) is 0 Å². The molecule has 0 aliphatic rings. The van der Waals surface area contributed by atoms with Gasteiger partial charge in [0.15, 0.2) is 5.82 Å². The highest BCUT2D eigenvalue weighted by Crippen LogP contribution is 2.50. The maximum atomic E-state index is 5.54. The number of thiophene rings is 1. The van der Waals surface area contributed by atoms with Crippen LogP contribution in [0.25, 0.3) is 126 Å². The van der Waals surface area contributed by atoms with Gasteiger partial charge < -0.3 is 4.57 Å². The van der Waals surface area contributed by atoms with Crippen molar-refractivity contribution in [3.8, 4) is 83.5 Å². The van der Waals surface area contributed by atoms with E-state index >= 15 is 0 Å². The molecule has 0 atom stereocenters. The Balaban J connectivity index is 0.918. The molecule has 0 N–H and O–H groups in total. The molecular formula is C63H40N4S. The van der Waals surface area contributed by atoms with Crippen LogP contribution in [0.5, 0.6) is 0 Å². The van der Waals surface area contributed by atoms with Gasteiger partial charge in [0, 0.05) is 64.6 Å². The largest absolute Gasteiger partial charge is 0.309 e. The SMILES string of the molecule is c1ccc(-c2nc(-c3ccc(-c4ccc5c(c4)nc(-c4ccccc4)c4c(-c6ccccc6)c(-c6ccccc6)sc45)cc3)cc(-c3cccc(-n4c5ccccc5c5ccccc54)c3)n2)cc1. The van der Waals surface area contributed by atoms with Gasteiger partial charge in [-0.1, -0.05) is 206 Å². The first-order chi connectivity index (χ1) is 33.7. The van der Waals surface area contributed by atoms with E-state index in [9.17, 15) is 0 Å². The fourth-order valence-corrected chi connectivity index (χ4v) is 11.2. The molecule has 0 fully saturated rings. The number of para-hydroxylation sites is 2. The molecule has 0 spiro atoms. The Morgan fingerprint density at radius 3 is 1.53 bits per heavy atom. The number of fused-ring (bicyclic) bond motifs is 6. The van der Waals surface area contributed by atoms with Crippen molar-refractivity contribution in [2.75, 3.05) is 0 Å². The lowest BCUT2D eigenvalue weighted by molar-refractivity contribution is 1.16. The van der Waals surface area contributed by atoms with E-state index in [1.165, 1.54) is 53.5 Å². The van der Waals surface area contributed by atoms with Gasteiger partial charge in [0.1, 0.15) is 0 Å². The average molecular weight is 885 g/mol. The van der Waals surface area contributed by atoms with Crippen LogP contribution in [0.2, 0.25) is 0 Å². The van der Waals surface area contributed by atoms with Gasteiger partial charge in [0.25, 0.3) is 0 Å². The summed E-state index contributed by atoms with van der Waals surface area (Å²) < 4.78 is 3.59. The topological polar surface area (TPSA) is 43.6 Å². The van der Waals surface area contributed by atoms with E-state index in [1.807, 2.05) is 29.5 Å². The van der Waals surface area contributed by atoms with Gasteiger partial charge >= 0.3 is 0 Å². The van der Waals surface area contributed by atoms with Crippen molar-refractivity contribution in [1.29, 1.82) is 0 Å². The lowest BCUT2D eigenvalue weighted by atomic mass is 9.94. The van der Waals surface area contributed by atoms with Crippen molar-refractivity contribution in [2.45, 2.75) is 0 Å². The molecule has 4 aromatic heterocycles. The van der Waals surface area contributed by atoms with Crippen molar-refractivity contribution >= 4 is 54.1 Å². The summed E-state index contributed by atoms with van der Waals surface area (Å²) in [5, 5.41) is 4.81. The van der Waals surface area contributed by atoms with Crippen molar-refractivity contribution in [2.24, 2.45) is 0 Å².